The molecule has 2 heterocycles. The van der Waals surface area contributed by atoms with Gasteiger partial charge in [0, 0.05) is 32.4 Å². The molecule has 0 N–H and O–H groups in total. The molecule has 2 aliphatic heterocycles. The van der Waals surface area contributed by atoms with Crippen LogP contribution in [-0.4, -0.2) is 48.6 Å². The molecule has 5 nitrogen and oxygen atoms in total. The Morgan fingerprint density at radius 2 is 2.20 bits per heavy atom. The number of carbonyl (C=O) groups is 1. The van der Waals surface area contributed by atoms with Crippen molar-refractivity contribution in [2.45, 2.75) is 18.9 Å². The van der Waals surface area contributed by atoms with Crippen LogP contribution in [0.25, 0.3) is 0 Å². The third kappa shape index (κ3) is 2.07. The van der Waals surface area contributed by atoms with Gasteiger partial charge in [-0.2, -0.15) is 5.26 Å². The number of amides is 2. The van der Waals surface area contributed by atoms with Crippen molar-refractivity contribution in [3.05, 3.63) is 29.8 Å². The number of fused-ring (bicyclic) bond motifs is 1. The van der Waals surface area contributed by atoms with Crippen LogP contribution < -0.4 is 4.90 Å². The summed E-state index contributed by atoms with van der Waals surface area (Å²) in [5.41, 5.74) is 2.26. The molecule has 0 aromatic heterocycles. The minimum absolute atomic E-state index is 0.0414. The van der Waals surface area contributed by atoms with E-state index in [1.165, 1.54) is 5.56 Å². The molecule has 0 aliphatic carbocycles. The molecule has 1 aromatic carbocycles. The van der Waals surface area contributed by atoms with Crippen LogP contribution in [0.1, 0.15) is 12.0 Å². The zero-order valence-corrected chi connectivity index (χ0v) is 11.6. The Hall–Kier alpha value is -2.22. The number of likely N-dealkylation sites (N-methyl/N-ethyl adjacent to an activating group) is 1. The highest BCUT2D eigenvalue weighted by Gasteiger charge is 2.32. The number of nitriles is 1. The molecule has 20 heavy (non-hydrogen) atoms. The van der Waals surface area contributed by atoms with E-state index >= 15 is 0 Å². The van der Waals surface area contributed by atoms with Crippen LogP contribution in [0, 0.1) is 11.5 Å². The molecule has 1 saturated heterocycles. The molecule has 0 radical (unpaired) electrons. The summed E-state index contributed by atoms with van der Waals surface area (Å²) in [7, 11) is 1.84. The summed E-state index contributed by atoms with van der Waals surface area (Å²) in [6.07, 6.45) is 3.94. The van der Waals surface area contributed by atoms with E-state index in [0.29, 0.717) is 6.54 Å². The van der Waals surface area contributed by atoms with Gasteiger partial charge in [-0.15, -0.1) is 0 Å². The van der Waals surface area contributed by atoms with Gasteiger partial charge in [0.2, 0.25) is 0 Å². The van der Waals surface area contributed by atoms with Crippen LogP contribution >= 0.6 is 0 Å². The van der Waals surface area contributed by atoms with Gasteiger partial charge >= 0.3 is 6.03 Å². The molecular weight excluding hydrogens is 252 g/mol. The molecule has 3 rings (SSSR count). The molecule has 0 spiro atoms. The third-order valence-corrected chi connectivity index (χ3v) is 4.27. The third-order valence-electron chi connectivity index (χ3n) is 4.27. The lowest BCUT2D eigenvalue weighted by atomic mass is 10.2. The lowest BCUT2D eigenvalue weighted by Gasteiger charge is -2.29. The number of nitrogens with zero attached hydrogens (tertiary/aromatic N) is 4. The molecular formula is C15H18N4O. The van der Waals surface area contributed by atoms with Crippen molar-refractivity contribution in [3.63, 3.8) is 0 Å². The molecule has 1 fully saturated rings. The van der Waals surface area contributed by atoms with Crippen LogP contribution in [0.2, 0.25) is 0 Å². The van der Waals surface area contributed by atoms with Gasteiger partial charge in [-0.05, 0) is 24.5 Å². The fourth-order valence-electron chi connectivity index (χ4n) is 3.03. The maximum Gasteiger partial charge on any atom is 0.324 e. The van der Waals surface area contributed by atoms with Gasteiger partial charge in [0.15, 0.2) is 6.19 Å². The zero-order chi connectivity index (χ0) is 14.1. The number of benzene rings is 1. The molecule has 104 valence electrons. The smallest absolute Gasteiger partial charge is 0.323 e. The first kappa shape index (κ1) is 12.8. The Balaban J connectivity index is 1.73. The largest absolute Gasteiger partial charge is 0.324 e. The number of para-hydroxylation sites is 1. The number of hydrogen-bond acceptors (Lipinski definition) is 3. The number of hydrogen-bond donors (Lipinski definition) is 0. The Kier molecular flexibility index (Phi) is 3.23. The summed E-state index contributed by atoms with van der Waals surface area (Å²) in [6, 6.07) is 8.24. The van der Waals surface area contributed by atoms with Gasteiger partial charge in [-0.1, -0.05) is 18.2 Å². The lowest BCUT2D eigenvalue weighted by molar-refractivity contribution is 0.199. The van der Waals surface area contributed by atoms with E-state index in [1.54, 1.807) is 9.80 Å². The lowest BCUT2D eigenvalue weighted by Crippen LogP contribution is -2.46. The van der Waals surface area contributed by atoms with E-state index in [2.05, 4.69) is 12.3 Å². The van der Waals surface area contributed by atoms with Crippen molar-refractivity contribution in [3.8, 4) is 6.19 Å². The van der Waals surface area contributed by atoms with E-state index in [4.69, 9.17) is 5.26 Å². The van der Waals surface area contributed by atoms with Crippen molar-refractivity contribution in [1.82, 2.24) is 9.80 Å². The standard InChI is InChI=1S/C15H18N4O/c1-17(13-7-8-18(10-13)11-16)15(20)19-9-6-12-4-2-3-5-14(12)19/h2-5,13H,6-10H2,1H3/t13-/m1/s1. The molecule has 2 amide bonds. The molecule has 0 unspecified atom stereocenters. The number of anilines is 1. The van der Waals surface area contributed by atoms with Crippen LogP contribution in [0.3, 0.4) is 0 Å². The van der Waals surface area contributed by atoms with Gasteiger partial charge < -0.3 is 9.80 Å². The van der Waals surface area contributed by atoms with E-state index in [0.717, 1.165) is 31.6 Å². The SMILES string of the molecule is CN(C(=O)N1CCc2ccccc21)[C@@H]1CCN(C#N)C1. The number of urea groups is 1. The minimum Gasteiger partial charge on any atom is -0.323 e. The van der Waals surface area contributed by atoms with Crippen LogP contribution in [0.15, 0.2) is 24.3 Å². The van der Waals surface area contributed by atoms with Crippen molar-refractivity contribution in [1.29, 1.82) is 5.26 Å². The average molecular weight is 270 g/mol. The normalized spacial score (nSPS) is 20.7. The van der Waals surface area contributed by atoms with Crippen LogP contribution in [-0.2, 0) is 6.42 Å². The van der Waals surface area contributed by atoms with E-state index in [-0.39, 0.29) is 12.1 Å². The van der Waals surface area contributed by atoms with Gasteiger partial charge in [-0.25, -0.2) is 4.79 Å². The van der Waals surface area contributed by atoms with Crippen molar-refractivity contribution in [2.75, 3.05) is 31.6 Å². The first-order valence-corrected chi connectivity index (χ1v) is 6.97. The van der Waals surface area contributed by atoms with E-state index < -0.39 is 0 Å². The fourth-order valence-corrected chi connectivity index (χ4v) is 3.03. The number of rotatable bonds is 1. The molecule has 1 aromatic rings. The number of carbonyl (C=O) groups excluding carboxylic acids is 1. The highest BCUT2D eigenvalue weighted by atomic mass is 16.2. The van der Waals surface area contributed by atoms with Crippen LogP contribution in [0.5, 0.6) is 0 Å². The minimum atomic E-state index is 0.0414. The second kappa shape index (κ2) is 5.04. The summed E-state index contributed by atoms with van der Waals surface area (Å²) in [5, 5.41) is 8.91. The second-order valence-corrected chi connectivity index (χ2v) is 5.41. The summed E-state index contributed by atoms with van der Waals surface area (Å²) in [4.78, 5) is 18.0. The van der Waals surface area contributed by atoms with Gasteiger partial charge in [0.25, 0.3) is 0 Å². The average Bonchev–Trinajstić information content (AvgIpc) is 3.12. The topological polar surface area (TPSA) is 50.6 Å². The molecule has 5 heteroatoms. The summed E-state index contributed by atoms with van der Waals surface area (Å²) in [6.45, 7) is 2.14. The maximum absolute atomic E-state index is 12.6. The highest BCUT2D eigenvalue weighted by Crippen LogP contribution is 2.29. The second-order valence-electron chi connectivity index (χ2n) is 5.41. The molecule has 0 saturated carbocycles. The van der Waals surface area contributed by atoms with Gasteiger partial charge in [-0.3, -0.25) is 4.90 Å². The summed E-state index contributed by atoms with van der Waals surface area (Å²) < 4.78 is 0. The van der Waals surface area contributed by atoms with E-state index in [1.807, 2.05) is 30.1 Å². The Labute approximate surface area is 119 Å². The Morgan fingerprint density at radius 1 is 1.40 bits per heavy atom. The number of likely N-dealkylation sites (tertiary alicyclic amines) is 1. The predicted molar refractivity (Wildman–Crippen MR) is 76.2 cm³/mol. The first-order chi connectivity index (χ1) is 9.70. The summed E-state index contributed by atoms with van der Waals surface area (Å²) >= 11 is 0. The first-order valence-electron chi connectivity index (χ1n) is 6.97. The molecule has 2 aliphatic rings. The zero-order valence-electron chi connectivity index (χ0n) is 11.6. The van der Waals surface area contributed by atoms with Gasteiger partial charge in [0.05, 0.1) is 6.04 Å². The summed E-state index contributed by atoms with van der Waals surface area (Å²) in [5.74, 6) is 0. The maximum atomic E-state index is 12.6. The Bertz CT molecular complexity index is 565. The molecule has 1 atom stereocenters. The predicted octanol–water partition coefficient (Wildman–Crippen LogP) is 1.66. The van der Waals surface area contributed by atoms with Crippen molar-refractivity contribution in [2.24, 2.45) is 0 Å². The van der Waals surface area contributed by atoms with E-state index in [9.17, 15) is 4.79 Å². The monoisotopic (exact) mass is 270 g/mol. The Morgan fingerprint density at radius 3 is 2.95 bits per heavy atom. The van der Waals surface area contributed by atoms with Crippen molar-refractivity contribution < 1.29 is 4.79 Å². The molecule has 0 bridgehead atoms. The quantitative estimate of drug-likeness (QED) is 0.729. The van der Waals surface area contributed by atoms with Crippen LogP contribution in [0.4, 0.5) is 10.5 Å². The highest BCUT2D eigenvalue weighted by molar-refractivity contribution is 5.94. The van der Waals surface area contributed by atoms with Crippen molar-refractivity contribution >= 4 is 11.7 Å². The van der Waals surface area contributed by atoms with Gasteiger partial charge in [0.1, 0.15) is 0 Å². The fraction of sp³-hybridized carbons (Fsp3) is 0.467.